The fraction of sp³-hybridized carbons (Fsp3) is 0.577. The molecule has 0 aliphatic heterocycles. The summed E-state index contributed by atoms with van der Waals surface area (Å²) < 4.78 is 0. The Hall–Kier alpha value is -1.87. The third-order valence-electron chi connectivity index (χ3n) is 5.24. The topological polar surface area (TPSA) is 113 Å². The predicted molar refractivity (Wildman–Crippen MR) is 145 cm³/mol. The lowest BCUT2D eigenvalue weighted by molar-refractivity contribution is 0.583. The van der Waals surface area contributed by atoms with Gasteiger partial charge < -0.3 is 32.7 Å². The van der Waals surface area contributed by atoms with E-state index >= 15 is 0 Å². The zero-order valence-electron chi connectivity index (χ0n) is 20.7. The van der Waals surface area contributed by atoms with E-state index in [4.69, 9.17) is 11.5 Å². The third kappa shape index (κ3) is 14.8. The summed E-state index contributed by atoms with van der Waals surface area (Å²) in [6, 6.07) is 6.82. The van der Waals surface area contributed by atoms with Gasteiger partial charge in [0.1, 0.15) is 0 Å². The van der Waals surface area contributed by atoms with Crippen molar-refractivity contribution in [2.75, 3.05) is 52.4 Å². The van der Waals surface area contributed by atoms with Crippen LogP contribution in [0.15, 0.2) is 41.5 Å². The van der Waals surface area contributed by atoms with Gasteiger partial charge in [0.25, 0.3) is 0 Å². The molecule has 0 atom stereocenters. The summed E-state index contributed by atoms with van der Waals surface area (Å²) in [5.41, 5.74) is 16.0. The minimum atomic E-state index is 0.747. The number of nitrogens with one attached hydrogen (secondary N) is 4. The van der Waals surface area contributed by atoms with Crippen molar-refractivity contribution in [2.45, 2.75) is 45.7 Å². The van der Waals surface area contributed by atoms with Crippen molar-refractivity contribution < 1.29 is 0 Å². The first-order valence-electron chi connectivity index (χ1n) is 12.4. The van der Waals surface area contributed by atoms with Gasteiger partial charge in [0.2, 0.25) is 0 Å². The fourth-order valence-electron chi connectivity index (χ4n) is 3.47. The van der Waals surface area contributed by atoms with E-state index < -0.39 is 0 Å². The van der Waals surface area contributed by atoms with Gasteiger partial charge in [0.15, 0.2) is 0 Å². The maximum Gasteiger partial charge on any atom is 0.0266 e. The van der Waals surface area contributed by atoms with E-state index in [9.17, 15) is 0 Å². The average Bonchev–Trinajstić information content (AvgIpc) is 2.83. The van der Waals surface area contributed by atoms with Crippen LogP contribution in [0.2, 0.25) is 0 Å². The molecule has 186 valence electrons. The van der Waals surface area contributed by atoms with E-state index in [2.05, 4.69) is 64.2 Å². The van der Waals surface area contributed by atoms with Crippen molar-refractivity contribution >= 4 is 12.3 Å². The Labute approximate surface area is 201 Å². The van der Waals surface area contributed by atoms with E-state index in [1.165, 1.54) is 16.7 Å². The van der Waals surface area contributed by atoms with Crippen LogP contribution in [-0.4, -0.2) is 59.1 Å². The summed E-state index contributed by atoms with van der Waals surface area (Å²) in [5, 5.41) is 14.0. The highest BCUT2D eigenvalue weighted by molar-refractivity contribution is 5.74. The number of nitrogens with zero attached hydrogens (tertiary/aromatic N) is 1. The summed E-state index contributed by atoms with van der Waals surface area (Å²) in [6.45, 7) is 14.8. The molecule has 0 aliphatic rings. The van der Waals surface area contributed by atoms with Gasteiger partial charge in [-0.05, 0) is 132 Å². The Morgan fingerprint density at radius 1 is 0.788 bits per heavy atom. The van der Waals surface area contributed by atoms with Crippen LogP contribution in [0.25, 0.3) is 5.57 Å². The van der Waals surface area contributed by atoms with Crippen LogP contribution in [0, 0.1) is 0 Å². The molecule has 33 heavy (non-hydrogen) atoms. The number of aliphatic imine (C=N–C) groups is 1. The molecule has 0 bridgehead atoms. The average molecular weight is 458 g/mol. The molecule has 1 aromatic rings. The number of allylic oxidation sites excluding steroid dienone is 3. The van der Waals surface area contributed by atoms with Crippen LogP contribution in [0.5, 0.6) is 0 Å². The lowest BCUT2D eigenvalue weighted by atomic mass is 9.99. The first-order valence-corrected chi connectivity index (χ1v) is 12.4. The number of benzene rings is 1. The summed E-state index contributed by atoms with van der Waals surface area (Å²) in [5.74, 6) is 0. The van der Waals surface area contributed by atoms with Crippen molar-refractivity contribution in [1.29, 1.82) is 0 Å². The lowest BCUT2D eigenvalue weighted by Crippen LogP contribution is -2.24. The van der Waals surface area contributed by atoms with Crippen LogP contribution >= 0.6 is 0 Å². The highest BCUT2D eigenvalue weighted by atomic mass is 14.9. The summed E-state index contributed by atoms with van der Waals surface area (Å²) in [7, 11) is 0. The molecule has 0 saturated heterocycles. The van der Waals surface area contributed by atoms with E-state index in [1.807, 2.05) is 6.08 Å². The normalized spacial score (nSPS) is 12.0. The van der Waals surface area contributed by atoms with Gasteiger partial charge in [-0.3, -0.25) is 4.99 Å². The lowest BCUT2D eigenvalue weighted by Gasteiger charge is -2.13. The van der Waals surface area contributed by atoms with Crippen molar-refractivity contribution in [3.63, 3.8) is 0 Å². The number of rotatable bonds is 21. The minimum absolute atomic E-state index is 0.747. The Morgan fingerprint density at radius 2 is 1.27 bits per heavy atom. The van der Waals surface area contributed by atoms with E-state index in [1.54, 1.807) is 6.20 Å². The highest BCUT2D eigenvalue weighted by Gasteiger charge is 2.05. The molecule has 1 rings (SSSR count). The van der Waals surface area contributed by atoms with Gasteiger partial charge in [-0.2, -0.15) is 0 Å². The van der Waals surface area contributed by atoms with Gasteiger partial charge >= 0.3 is 0 Å². The molecule has 1 aromatic carbocycles. The Balaban J connectivity index is 2.60. The predicted octanol–water partition coefficient (Wildman–Crippen LogP) is 2.14. The maximum absolute atomic E-state index is 5.53. The van der Waals surface area contributed by atoms with Gasteiger partial charge in [-0.15, -0.1) is 0 Å². The molecule has 0 radical (unpaired) electrons. The minimum Gasteiger partial charge on any atom is -0.330 e. The van der Waals surface area contributed by atoms with E-state index in [0.29, 0.717) is 0 Å². The molecule has 0 saturated carbocycles. The fourth-order valence-corrected chi connectivity index (χ4v) is 3.47. The SMILES string of the molecule is C=N/C=C\C(=C/C)c1cc(CNCCCNCCCN)cc(CNCCCNCCCN)c1. The Kier molecular flexibility index (Phi) is 18.3. The molecule has 0 unspecified atom stereocenters. The van der Waals surface area contributed by atoms with Gasteiger partial charge in [0, 0.05) is 19.3 Å². The molecule has 0 fully saturated rings. The van der Waals surface area contributed by atoms with Crippen LogP contribution in [-0.2, 0) is 13.1 Å². The third-order valence-corrected chi connectivity index (χ3v) is 5.24. The van der Waals surface area contributed by atoms with Crippen molar-refractivity contribution in [3.8, 4) is 0 Å². The van der Waals surface area contributed by atoms with Gasteiger partial charge in [-0.25, -0.2) is 0 Å². The highest BCUT2D eigenvalue weighted by Crippen LogP contribution is 2.20. The molecule has 0 spiro atoms. The standard InChI is InChI=1S/C26H47N7/c1-3-25(8-17-29-2)26-19-23(21-32-15-6-13-30-11-4-9-27)18-24(20-26)22-33-16-7-14-31-12-5-10-28/h3,8,17-20,30-33H,2,4-7,9-16,21-22,27-28H2,1H3/b17-8-,25-3+. The summed E-state index contributed by atoms with van der Waals surface area (Å²) in [4.78, 5) is 3.87. The van der Waals surface area contributed by atoms with Crippen molar-refractivity contribution in [2.24, 2.45) is 16.5 Å². The molecular formula is C26H47N7. The largest absolute Gasteiger partial charge is 0.330 e. The molecule has 7 heteroatoms. The molecule has 0 aliphatic carbocycles. The van der Waals surface area contributed by atoms with Crippen LogP contribution in [0.1, 0.15) is 49.3 Å². The number of hydrogen-bond donors (Lipinski definition) is 6. The van der Waals surface area contributed by atoms with Crippen molar-refractivity contribution in [3.05, 3.63) is 53.2 Å². The Bertz CT molecular complexity index is 647. The molecule has 8 N–H and O–H groups in total. The zero-order chi connectivity index (χ0) is 24.0. The molecular weight excluding hydrogens is 410 g/mol. The number of nitrogens with two attached hydrogens (primary N) is 2. The monoisotopic (exact) mass is 457 g/mol. The van der Waals surface area contributed by atoms with Crippen LogP contribution < -0.4 is 32.7 Å². The number of hydrogen-bond acceptors (Lipinski definition) is 7. The second kappa shape index (κ2) is 20.7. The van der Waals surface area contributed by atoms with Gasteiger partial charge in [-0.1, -0.05) is 12.1 Å². The van der Waals surface area contributed by atoms with E-state index in [-0.39, 0.29) is 0 Å². The first-order chi connectivity index (χ1) is 16.2. The quantitative estimate of drug-likeness (QED) is 0.0958. The zero-order valence-corrected chi connectivity index (χ0v) is 20.7. The second-order valence-electron chi connectivity index (χ2n) is 8.13. The van der Waals surface area contributed by atoms with E-state index in [0.717, 1.165) is 96.7 Å². The summed E-state index contributed by atoms with van der Waals surface area (Å²) >= 11 is 0. The maximum atomic E-state index is 5.53. The van der Waals surface area contributed by atoms with Crippen molar-refractivity contribution in [1.82, 2.24) is 21.3 Å². The summed E-state index contributed by atoms with van der Waals surface area (Å²) in [6.07, 6.45) is 10.1. The van der Waals surface area contributed by atoms with Crippen LogP contribution in [0.4, 0.5) is 0 Å². The molecule has 0 aromatic heterocycles. The smallest absolute Gasteiger partial charge is 0.0266 e. The Morgan fingerprint density at radius 3 is 1.73 bits per heavy atom. The first kappa shape index (κ1) is 29.2. The van der Waals surface area contributed by atoms with Crippen LogP contribution in [0.3, 0.4) is 0 Å². The molecule has 7 nitrogen and oxygen atoms in total. The molecule has 0 amide bonds. The van der Waals surface area contributed by atoms with Gasteiger partial charge in [0.05, 0.1) is 0 Å². The second-order valence-corrected chi connectivity index (χ2v) is 8.13. The molecule has 0 heterocycles.